The minimum atomic E-state index is 0.140. The molecule has 0 amide bonds. The Morgan fingerprint density at radius 1 is 1.03 bits per heavy atom. The highest BCUT2D eigenvalue weighted by Crippen LogP contribution is 2.30. The van der Waals surface area contributed by atoms with Crippen LogP contribution in [-0.2, 0) is 13.0 Å². The van der Waals surface area contributed by atoms with Crippen molar-refractivity contribution in [3.05, 3.63) is 71.5 Å². The smallest absolute Gasteiger partial charge is 0.237 e. The molecule has 0 fully saturated rings. The van der Waals surface area contributed by atoms with Crippen LogP contribution in [0, 0.1) is 6.92 Å². The number of hydrogen-bond donors (Lipinski definition) is 1. The summed E-state index contributed by atoms with van der Waals surface area (Å²) in [4.78, 5) is 30.1. The Morgan fingerprint density at radius 2 is 1.69 bits per heavy atom. The van der Waals surface area contributed by atoms with Gasteiger partial charge in [-0.3, -0.25) is 9.59 Å². The number of Topliss-reactive ketones (excluding diaryl/α,β-unsaturated/α-hetero) is 2. The summed E-state index contributed by atoms with van der Waals surface area (Å²) >= 11 is 6.39. The number of nitrogens with zero attached hydrogens (tertiary/aromatic N) is 2. The SMILES string of the molecule is CC1=C(C)N(CC(=O)c2cccs2)CS1.Cc1c(CCO)sc[n+]1CC(=O)c1cccs1. The van der Waals surface area contributed by atoms with E-state index in [4.69, 9.17) is 5.11 Å². The maximum absolute atomic E-state index is 11.9. The van der Waals surface area contributed by atoms with E-state index in [1.165, 1.54) is 33.3 Å². The second kappa shape index (κ2) is 11.9. The molecule has 9 heteroatoms. The Bertz CT molecular complexity index is 1070. The zero-order valence-corrected chi connectivity index (χ0v) is 21.6. The molecule has 5 nitrogen and oxygen atoms in total. The van der Waals surface area contributed by atoms with Crippen molar-refractivity contribution >= 4 is 57.3 Å². The number of thioether (sulfide) groups is 1. The first kappa shape index (κ1) is 24.9. The Labute approximate surface area is 205 Å². The molecule has 4 rings (SSSR count). The lowest BCUT2D eigenvalue weighted by Crippen LogP contribution is -2.38. The lowest BCUT2D eigenvalue weighted by atomic mass is 10.3. The van der Waals surface area contributed by atoms with E-state index in [-0.39, 0.29) is 18.2 Å². The van der Waals surface area contributed by atoms with Crippen molar-refractivity contribution in [3.8, 4) is 0 Å². The van der Waals surface area contributed by atoms with E-state index in [0.29, 0.717) is 19.5 Å². The van der Waals surface area contributed by atoms with Crippen LogP contribution in [0.15, 0.2) is 51.1 Å². The van der Waals surface area contributed by atoms with Gasteiger partial charge in [0.2, 0.25) is 17.8 Å². The quantitative estimate of drug-likeness (QED) is 0.343. The monoisotopic (exact) mass is 507 g/mol. The van der Waals surface area contributed by atoms with E-state index in [2.05, 4.69) is 18.7 Å². The number of thiophene rings is 2. The van der Waals surface area contributed by atoms with Crippen LogP contribution < -0.4 is 4.57 Å². The minimum Gasteiger partial charge on any atom is -0.396 e. The van der Waals surface area contributed by atoms with Crippen molar-refractivity contribution < 1.29 is 19.3 Å². The molecule has 3 aromatic rings. The van der Waals surface area contributed by atoms with E-state index >= 15 is 0 Å². The standard InChI is InChI=1S/C12H14NO2S2.C11H13NOS2/c1-9-11(4-5-14)17-8-13(9)7-10(15)12-3-2-6-16-12;1-8-9(2)15-7-12(8)6-10(13)11-4-3-5-14-11/h2-3,6,8,14H,4-5,7H2,1H3;3-5H,6-7H2,1-2H3/q+1;. The van der Waals surface area contributed by atoms with E-state index in [0.717, 1.165) is 26.2 Å². The molecule has 0 saturated heterocycles. The molecule has 0 aromatic carbocycles. The number of carbonyl (C=O) groups is 2. The van der Waals surface area contributed by atoms with E-state index in [1.807, 2.05) is 63.8 Å². The molecule has 0 saturated carbocycles. The van der Waals surface area contributed by atoms with Crippen LogP contribution in [-0.4, -0.2) is 40.6 Å². The molecule has 1 N–H and O–H groups in total. The van der Waals surface area contributed by atoms with Crippen LogP contribution in [0.1, 0.15) is 43.8 Å². The highest BCUT2D eigenvalue weighted by Gasteiger charge is 2.20. The molecule has 1 aliphatic heterocycles. The first-order valence-electron chi connectivity index (χ1n) is 10.2. The molecule has 0 atom stereocenters. The number of rotatable bonds is 8. The Kier molecular flexibility index (Phi) is 9.24. The van der Waals surface area contributed by atoms with Crippen molar-refractivity contribution in [2.24, 2.45) is 0 Å². The van der Waals surface area contributed by atoms with Gasteiger partial charge >= 0.3 is 0 Å². The number of aromatic nitrogens is 1. The third-order valence-electron chi connectivity index (χ3n) is 5.16. The summed E-state index contributed by atoms with van der Waals surface area (Å²) in [7, 11) is 0. The molecular weight excluding hydrogens is 481 g/mol. The van der Waals surface area contributed by atoms with E-state index in [1.54, 1.807) is 11.3 Å². The number of hydrogen-bond acceptors (Lipinski definition) is 8. The van der Waals surface area contributed by atoms with Crippen molar-refractivity contribution in [1.29, 1.82) is 0 Å². The highest BCUT2D eigenvalue weighted by molar-refractivity contribution is 8.03. The largest absolute Gasteiger partial charge is 0.396 e. The summed E-state index contributed by atoms with van der Waals surface area (Å²) in [6, 6.07) is 7.55. The van der Waals surface area contributed by atoms with Gasteiger partial charge in [0, 0.05) is 30.6 Å². The first-order chi connectivity index (χ1) is 15.4. The average Bonchev–Trinajstić information content (AvgIpc) is 3.58. The van der Waals surface area contributed by atoms with Crippen LogP contribution in [0.3, 0.4) is 0 Å². The van der Waals surface area contributed by atoms with Crippen molar-refractivity contribution in [2.75, 3.05) is 19.0 Å². The Balaban J connectivity index is 0.000000182. The molecule has 0 radical (unpaired) electrons. The molecule has 1 aliphatic rings. The number of thiazole rings is 1. The lowest BCUT2D eigenvalue weighted by molar-refractivity contribution is -0.684. The van der Waals surface area contributed by atoms with Gasteiger partial charge < -0.3 is 10.0 Å². The number of ketones is 2. The Hall–Kier alpha value is -1.78. The first-order valence-corrected chi connectivity index (χ1v) is 13.8. The van der Waals surface area contributed by atoms with E-state index in [9.17, 15) is 9.59 Å². The summed E-state index contributed by atoms with van der Waals surface area (Å²) in [6.07, 6.45) is 0.663. The third kappa shape index (κ3) is 6.39. The van der Waals surface area contributed by atoms with Crippen LogP contribution >= 0.6 is 45.8 Å². The Morgan fingerprint density at radius 3 is 2.22 bits per heavy atom. The summed E-state index contributed by atoms with van der Waals surface area (Å²) in [5, 5.41) is 12.8. The molecule has 3 aromatic heterocycles. The van der Waals surface area contributed by atoms with Crippen molar-refractivity contribution in [3.63, 3.8) is 0 Å². The van der Waals surface area contributed by atoms with Crippen LogP contribution in [0.25, 0.3) is 0 Å². The van der Waals surface area contributed by atoms with Gasteiger partial charge in [0.15, 0.2) is 11.5 Å². The normalized spacial score (nSPS) is 13.3. The molecule has 32 heavy (non-hydrogen) atoms. The van der Waals surface area contributed by atoms with Gasteiger partial charge in [-0.2, -0.15) is 4.57 Å². The summed E-state index contributed by atoms with van der Waals surface area (Å²) in [6.45, 7) is 7.22. The summed E-state index contributed by atoms with van der Waals surface area (Å²) < 4.78 is 1.96. The summed E-state index contributed by atoms with van der Waals surface area (Å²) in [5.74, 6) is 1.27. The highest BCUT2D eigenvalue weighted by atomic mass is 32.2. The van der Waals surface area contributed by atoms with Crippen LogP contribution in [0.4, 0.5) is 0 Å². The predicted molar refractivity (Wildman–Crippen MR) is 135 cm³/mol. The maximum atomic E-state index is 11.9. The van der Waals surface area contributed by atoms with Gasteiger partial charge in [0.1, 0.15) is 0 Å². The third-order valence-corrected chi connectivity index (χ3v) is 9.29. The predicted octanol–water partition coefficient (Wildman–Crippen LogP) is 5.01. The number of allylic oxidation sites excluding steroid dienone is 2. The fraction of sp³-hybridized carbons (Fsp3) is 0.348. The molecule has 0 bridgehead atoms. The topological polar surface area (TPSA) is 61.5 Å². The molecule has 170 valence electrons. The van der Waals surface area contributed by atoms with Crippen molar-refractivity contribution in [1.82, 2.24) is 4.90 Å². The van der Waals surface area contributed by atoms with Gasteiger partial charge in [0.25, 0.3) is 0 Å². The van der Waals surface area contributed by atoms with Gasteiger partial charge in [-0.05, 0) is 36.7 Å². The second-order valence-electron chi connectivity index (χ2n) is 7.25. The number of carbonyl (C=O) groups excluding carboxylic acids is 2. The zero-order chi connectivity index (χ0) is 23.1. The van der Waals surface area contributed by atoms with E-state index < -0.39 is 0 Å². The fourth-order valence-corrected chi connectivity index (χ4v) is 6.34. The van der Waals surface area contributed by atoms with Crippen LogP contribution in [0.5, 0.6) is 0 Å². The fourth-order valence-electron chi connectivity index (χ4n) is 3.07. The van der Waals surface area contributed by atoms with Crippen LogP contribution in [0.2, 0.25) is 0 Å². The van der Waals surface area contributed by atoms with Crippen molar-refractivity contribution in [2.45, 2.75) is 33.7 Å². The maximum Gasteiger partial charge on any atom is 0.237 e. The van der Waals surface area contributed by atoms with Gasteiger partial charge in [-0.15, -0.1) is 34.4 Å². The molecule has 4 heterocycles. The minimum absolute atomic E-state index is 0.140. The molecule has 0 aliphatic carbocycles. The lowest BCUT2D eigenvalue weighted by Gasteiger charge is -2.17. The van der Waals surface area contributed by atoms with Gasteiger partial charge in [-0.1, -0.05) is 23.5 Å². The number of aliphatic hydroxyl groups excluding tert-OH is 1. The summed E-state index contributed by atoms with van der Waals surface area (Å²) in [5.41, 5.74) is 4.27. The molecule has 0 unspecified atom stereocenters. The molecule has 0 spiro atoms. The van der Waals surface area contributed by atoms with Gasteiger partial charge in [0.05, 0.1) is 27.1 Å². The zero-order valence-electron chi connectivity index (χ0n) is 18.4. The number of aliphatic hydroxyl groups is 1. The average molecular weight is 508 g/mol. The molecular formula is C23H27N2O3S4+. The second-order valence-corrected chi connectivity index (χ2v) is 11.2. The van der Waals surface area contributed by atoms with Gasteiger partial charge in [-0.25, -0.2) is 0 Å².